The highest BCUT2D eigenvalue weighted by Crippen LogP contribution is 2.33. The van der Waals surface area contributed by atoms with Crippen molar-refractivity contribution in [1.82, 2.24) is 10.2 Å². The van der Waals surface area contributed by atoms with Crippen LogP contribution in [-0.2, 0) is 11.2 Å². The fraction of sp³-hybridized carbons (Fsp3) is 0.474. The molecule has 0 bridgehead atoms. The number of aliphatic imine (C=N–C) groups is 1. The van der Waals surface area contributed by atoms with Crippen molar-refractivity contribution >= 4 is 52.1 Å². The van der Waals surface area contributed by atoms with E-state index < -0.39 is 0 Å². The average molecular weight is 457 g/mol. The van der Waals surface area contributed by atoms with E-state index in [1.165, 1.54) is 11.1 Å². The number of nitrogens with one attached hydrogen (secondary N) is 1. The van der Waals surface area contributed by atoms with Crippen molar-refractivity contribution in [2.75, 3.05) is 23.4 Å². The number of aryl methyl sites for hydroxylation is 2. The van der Waals surface area contributed by atoms with Gasteiger partial charge in [-0.2, -0.15) is 0 Å². The van der Waals surface area contributed by atoms with Crippen molar-refractivity contribution in [2.24, 2.45) is 4.99 Å². The number of rotatable bonds is 8. The lowest BCUT2D eigenvalue weighted by Crippen LogP contribution is -2.26. The standard InChI is InChI=1S/C18H23FN4S3.CH2O2/c1-4-13-5-6-14(19)9-15(13)20-8-7-18(3)11-25-16(21-18)10-24-17-23-22-12(2)26-17;2-1-3/h5-6,9,20H,4,7-8,10-11H2,1-3H3;1H,(H,2,3). The number of carbonyl (C=O) groups is 1. The Balaban J connectivity index is 0.000000941. The quantitative estimate of drug-likeness (QED) is 0.438. The maximum atomic E-state index is 13.5. The number of hydrogen-bond donors (Lipinski definition) is 2. The minimum absolute atomic E-state index is 0.0652. The third-order valence-electron chi connectivity index (χ3n) is 4.20. The van der Waals surface area contributed by atoms with Gasteiger partial charge in [-0.05, 0) is 44.4 Å². The Hall–Kier alpha value is -1.65. The Bertz CT molecular complexity index is 847. The summed E-state index contributed by atoms with van der Waals surface area (Å²) in [4.78, 5) is 13.3. The van der Waals surface area contributed by atoms with E-state index in [1.807, 2.05) is 24.8 Å². The summed E-state index contributed by atoms with van der Waals surface area (Å²) < 4.78 is 14.5. The molecule has 1 unspecified atom stereocenters. The first-order valence-corrected chi connectivity index (χ1v) is 11.9. The maximum absolute atomic E-state index is 13.5. The van der Waals surface area contributed by atoms with Crippen LogP contribution in [0.15, 0.2) is 27.5 Å². The van der Waals surface area contributed by atoms with Gasteiger partial charge in [-0.3, -0.25) is 9.79 Å². The Labute approximate surface area is 182 Å². The SMILES string of the molecule is CCc1ccc(F)cc1NCCC1(C)CSC(CSc2nnc(C)s2)=N1.O=CO. The highest BCUT2D eigenvalue weighted by Gasteiger charge is 2.30. The molecule has 0 radical (unpaired) electrons. The number of anilines is 1. The molecule has 0 fully saturated rings. The summed E-state index contributed by atoms with van der Waals surface area (Å²) in [7, 11) is 0. The van der Waals surface area contributed by atoms with Gasteiger partial charge in [0, 0.05) is 23.7 Å². The zero-order valence-corrected chi connectivity index (χ0v) is 19.1. The van der Waals surface area contributed by atoms with Crippen molar-refractivity contribution in [3.05, 3.63) is 34.6 Å². The Morgan fingerprint density at radius 3 is 2.83 bits per heavy atom. The number of thioether (sulfide) groups is 2. The van der Waals surface area contributed by atoms with E-state index in [1.54, 1.807) is 29.2 Å². The number of nitrogens with zero attached hydrogens (tertiary/aromatic N) is 3. The molecule has 2 heterocycles. The van der Waals surface area contributed by atoms with E-state index in [0.717, 1.165) is 51.5 Å². The number of benzene rings is 1. The fourth-order valence-corrected chi connectivity index (χ4v) is 5.84. The normalized spacial score (nSPS) is 18.0. The summed E-state index contributed by atoms with van der Waals surface area (Å²) in [6.45, 7) is 6.78. The highest BCUT2D eigenvalue weighted by atomic mass is 32.2. The molecular formula is C19H25FN4O2S3. The lowest BCUT2D eigenvalue weighted by molar-refractivity contribution is -0.122. The Morgan fingerprint density at radius 1 is 1.41 bits per heavy atom. The van der Waals surface area contributed by atoms with E-state index in [0.29, 0.717) is 0 Å². The number of carboxylic acid groups (broad SMARTS) is 1. The molecule has 158 valence electrons. The zero-order valence-electron chi connectivity index (χ0n) is 16.6. The van der Waals surface area contributed by atoms with Crippen molar-refractivity contribution < 1.29 is 14.3 Å². The first-order chi connectivity index (χ1) is 13.9. The fourth-order valence-electron chi connectivity index (χ4n) is 2.75. The summed E-state index contributed by atoms with van der Waals surface area (Å²) in [6.07, 6.45) is 1.81. The topological polar surface area (TPSA) is 87.5 Å². The summed E-state index contributed by atoms with van der Waals surface area (Å²) >= 11 is 5.15. The largest absolute Gasteiger partial charge is 0.483 e. The van der Waals surface area contributed by atoms with Gasteiger partial charge in [-0.25, -0.2) is 4.39 Å². The molecule has 0 spiro atoms. The molecule has 29 heavy (non-hydrogen) atoms. The number of aromatic nitrogens is 2. The molecular weight excluding hydrogens is 431 g/mol. The minimum atomic E-state index is -0.250. The lowest BCUT2D eigenvalue weighted by atomic mass is 10.0. The molecule has 1 aliphatic rings. The zero-order chi connectivity index (χ0) is 21.3. The summed E-state index contributed by atoms with van der Waals surface area (Å²) in [6, 6.07) is 4.96. The van der Waals surface area contributed by atoms with E-state index in [9.17, 15) is 4.39 Å². The van der Waals surface area contributed by atoms with Crippen LogP contribution in [0, 0.1) is 12.7 Å². The summed E-state index contributed by atoms with van der Waals surface area (Å²) in [5.41, 5.74) is 1.98. The van der Waals surface area contributed by atoms with Gasteiger partial charge in [0.2, 0.25) is 0 Å². The molecule has 2 aromatic rings. The van der Waals surface area contributed by atoms with Crippen LogP contribution in [0.3, 0.4) is 0 Å². The van der Waals surface area contributed by atoms with Crippen LogP contribution in [0.5, 0.6) is 0 Å². The molecule has 0 saturated heterocycles. The summed E-state index contributed by atoms with van der Waals surface area (Å²) in [5, 5.41) is 20.6. The third kappa shape index (κ3) is 7.60. The van der Waals surface area contributed by atoms with Crippen LogP contribution < -0.4 is 5.32 Å². The minimum Gasteiger partial charge on any atom is -0.483 e. The predicted octanol–water partition coefficient (Wildman–Crippen LogP) is 4.75. The van der Waals surface area contributed by atoms with Crippen molar-refractivity contribution in [1.29, 1.82) is 0 Å². The van der Waals surface area contributed by atoms with Crippen LogP contribution in [0.25, 0.3) is 0 Å². The van der Waals surface area contributed by atoms with Gasteiger partial charge in [0.25, 0.3) is 6.47 Å². The molecule has 0 aliphatic carbocycles. The first-order valence-electron chi connectivity index (χ1n) is 9.13. The van der Waals surface area contributed by atoms with Gasteiger partial charge in [-0.1, -0.05) is 36.1 Å². The number of halogens is 1. The van der Waals surface area contributed by atoms with E-state index >= 15 is 0 Å². The Morgan fingerprint density at radius 2 is 2.17 bits per heavy atom. The highest BCUT2D eigenvalue weighted by molar-refractivity contribution is 8.16. The van der Waals surface area contributed by atoms with E-state index in [2.05, 4.69) is 29.4 Å². The molecule has 6 nitrogen and oxygen atoms in total. The molecule has 10 heteroatoms. The molecule has 1 aromatic carbocycles. The van der Waals surface area contributed by atoms with Gasteiger partial charge < -0.3 is 10.4 Å². The second-order valence-electron chi connectivity index (χ2n) is 6.60. The van der Waals surface area contributed by atoms with Gasteiger partial charge >= 0.3 is 0 Å². The van der Waals surface area contributed by atoms with Crippen molar-refractivity contribution in [3.8, 4) is 0 Å². The molecule has 3 rings (SSSR count). The van der Waals surface area contributed by atoms with Gasteiger partial charge in [0.05, 0.1) is 10.6 Å². The van der Waals surface area contributed by atoms with Crippen molar-refractivity contribution in [2.45, 2.75) is 43.5 Å². The van der Waals surface area contributed by atoms with Crippen molar-refractivity contribution in [3.63, 3.8) is 0 Å². The summed E-state index contributed by atoms with van der Waals surface area (Å²) in [5.74, 6) is 1.65. The smallest absolute Gasteiger partial charge is 0.290 e. The molecule has 0 saturated carbocycles. The number of hydrogen-bond acceptors (Lipinski definition) is 8. The molecule has 1 aromatic heterocycles. The first kappa shape index (κ1) is 23.6. The predicted molar refractivity (Wildman–Crippen MR) is 121 cm³/mol. The van der Waals surface area contributed by atoms with E-state index in [4.69, 9.17) is 14.9 Å². The van der Waals surface area contributed by atoms with Crippen LogP contribution >= 0.6 is 34.9 Å². The molecule has 1 atom stereocenters. The third-order valence-corrected chi connectivity index (χ3v) is 7.70. The van der Waals surface area contributed by atoms with E-state index in [-0.39, 0.29) is 17.8 Å². The molecule has 2 N–H and O–H groups in total. The van der Waals surface area contributed by atoms with Crippen LogP contribution in [0.4, 0.5) is 10.1 Å². The average Bonchev–Trinajstić information content (AvgIpc) is 3.27. The lowest BCUT2D eigenvalue weighted by Gasteiger charge is -2.20. The monoisotopic (exact) mass is 456 g/mol. The van der Waals surface area contributed by atoms with Crippen LogP contribution in [0.1, 0.15) is 30.8 Å². The Kier molecular flexibility index (Phi) is 9.38. The van der Waals surface area contributed by atoms with Crippen LogP contribution in [-0.4, -0.2) is 50.4 Å². The van der Waals surface area contributed by atoms with Gasteiger partial charge in [0.1, 0.15) is 10.8 Å². The molecule has 1 aliphatic heterocycles. The second kappa shape index (κ2) is 11.5. The van der Waals surface area contributed by atoms with Crippen LogP contribution in [0.2, 0.25) is 0 Å². The maximum Gasteiger partial charge on any atom is 0.290 e. The second-order valence-corrected chi connectivity index (χ2v) is 10.1. The van der Waals surface area contributed by atoms with Gasteiger partial charge in [-0.15, -0.1) is 22.0 Å². The molecule has 0 amide bonds. The van der Waals surface area contributed by atoms with Gasteiger partial charge in [0.15, 0.2) is 4.34 Å².